The molecule has 136 valence electrons. The molecule has 0 radical (unpaired) electrons. The minimum absolute atomic E-state index is 0.132. The molecule has 1 aliphatic rings. The molecule has 0 bridgehead atoms. The predicted octanol–water partition coefficient (Wildman–Crippen LogP) is 2.22. The monoisotopic (exact) mass is 364 g/mol. The average Bonchev–Trinajstić information content (AvgIpc) is 3.07. The van der Waals surface area contributed by atoms with Gasteiger partial charge in [-0.2, -0.15) is 0 Å². The third-order valence-corrected chi connectivity index (χ3v) is 5.34. The quantitative estimate of drug-likeness (QED) is 0.544. The zero-order chi connectivity index (χ0) is 17.6. The highest BCUT2D eigenvalue weighted by molar-refractivity contribution is 7.12. The van der Waals surface area contributed by atoms with Gasteiger partial charge in [-0.3, -0.25) is 14.5 Å². The molecule has 7 heteroatoms. The Morgan fingerprint density at radius 1 is 1.20 bits per heavy atom. The molecule has 0 atom stereocenters. The summed E-state index contributed by atoms with van der Waals surface area (Å²) in [6, 6.07) is 2.14. The summed E-state index contributed by atoms with van der Waals surface area (Å²) in [6.07, 6.45) is 4.65. The van der Waals surface area contributed by atoms with Crippen LogP contribution in [0.15, 0.2) is 21.0 Å². The van der Waals surface area contributed by atoms with Crippen LogP contribution in [0.5, 0.6) is 10.8 Å². The number of methoxy groups -OCH3 is 1. The van der Waals surface area contributed by atoms with Crippen LogP contribution in [0.4, 0.5) is 5.69 Å². The van der Waals surface area contributed by atoms with Crippen molar-refractivity contribution in [2.24, 2.45) is 0 Å². The van der Waals surface area contributed by atoms with Crippen LogP contribution in [0.3, 0.4) is 0 Å². The SMILES string of the molecule is COc1c(NCCCOc2sccc2CN2CCCCC2)c(=O)c1=O. The molecule has 1 saturated heterocycles. The molecule has 2 heterocycles. The fourth-order valence-corrected chi connectivity index (χ4v) is 3.89. The minimum Gasteiger partial charge on any atom is -0.491 e. The van der Waals surface area contributed by atoms with Crippen LogP contribution in [0.2, 0.25) is 0 Å². The highest BCUT2D eigenvalue weighted by Gasteiger charge is 2.21. The number of nitrogens with zero attached hydrogens (tertiary/aromatic N) is 1. The number of hydrogen-bond donors (Lipinski definition) is 1. The molecule has 0 saturated carbocycles. The van der Waals surface area contributed by atoms with Crippen molar-refractivity contribution in [3.8, 4) is 10.8 Å². The van der Waals surface area contributed by atoms with Crippen molar-refractivity contribution in [2.45, 2.75) is 32.2 Å². The van der Waals surface area contributed by atoms with Gasteiger partial charge in [-0.1, -0.05) is 6.42 Å². The van der Waals surface area contributed by atoms with E-state index in [2.05, 4.69) is 21.7 Å². The number of anilines is 1. The number of likely N-dealkylation sites (tertiary alicyclic amines) is 1. The fourth-order valence-electron chi connectivity index (χ4n) is 3.10. The Balaban J connectivity index is 1.41. The van der Waals surface area contributed by atoms with Crippen LogP contribution in [-0.2, 0) is 6.54 Å². The third kappa shape index (κ3) is 4.22. The number of nitrogens with one attached hydrogen (secondary N) is 1. The molecule has 0 aliphatic carbocycles. The van der Waals surface area contributed by atoms with Crippen molar-refractivity contribution in [2.75, 3.05) is 38.7 Å². The van der Waals surface area contributed by atoms with E-state index in [1.165, 1.54) is 45.0 Å². The summed E-state index contributed by atoms with van der Waals surface area (Å²) in [5, 5.41) is 6.01. The molecular weight excluding hydrogens is 340 g/mol. The summed E-state index contributed by atoms with van der Waals surface area (Å²) in [5.74, 6) is 0.132. The highest BCUT2D eigenvalue weighted by Crippen LogP contribution is 2.28. The second-order valence-corrected chi connectivity index (χ2v) is 7.14. The van der Waals surface area contributed by atoms with Gasteiger partial charge in [0.05, 0.1) is 13.7 Å². The van der Waals surface area contributed by atoms with E-state index in [0.29, 0.717) is 13.2 Å². The topological polar surface area (TPSA) is 67.9 Å². The lowest BCUT2D eigenvalue weighted by atomic mass is 10.1. The molecular formula is C18H24N2O4S. The van der Waals surface area contributed by atoms with Gasteiger partial charge in [0.2, 0.25) is 0 Å². The van der Waals surface area contributed by atoms with Crippen LogP contribution in [0, 0.1) is 0 Å². The minimum atomic E-state index is -0.554. The molecule has 1 fully saturated rings. The lowest BCUT2D eigenvalue weighted by Gasteiger charge is -2.26. The molecule has 0 spiro atoms. The molecule has 0 unspecified atom stereocenters. The van der Waals surface area contributed by atoms with Crippen molar-refractivity contribution in [1.29, 1.82) is 0 Å². The first kappa shape index (κ1) is 17.9. The van der Waals surface area contributed by atoms with Gasteiger partial charge in [-0.25, -0.2) is 0 Å². The number of thiophene rings is 1. The summed E-state index contributed by atoms with van der Waals surface area (Å²) in [5.41, 5.74) is 0.487. The Bertz CT molecular complexity index is 757. The number of hydrogen-bond acceptors (Lipinski definition) is 7. The van der Waals surface area contributed by atoms with Crippen LogP contribution < -0.4 is 25.6 Å². The number of rotatable bonds is 9. The molecule has 1 aromatic heterocycles. The molecule has 25 heavy (non-hydrogen) atoms. The van der Waals surface area contributed by atoms with Gasteiger partial charge in [0.25, 0.3) is 10.9 Å². The molecule has 0 amide bonds. The normalized spacial score (nSPS) is 15.4. The van der Waals surface area contributed by atoms with E-state index in [9.17, 15) is 9.59 Å². The first-order chi connectivity index (χ1) is 12.2. The maximum Gasteiger partial charge on any atom is 0.271 e. The lowest BCUT2D eigenvalue weighted by Crippen LogP contribution is -2.35. The first-order valence-electron chi connectivity index (χ1n) is 8.73. The van der Waals surface area contributed by atoms with E-state index in [-0.39, 0.29) is 11.4 Å². The van der Waals surface area contributed by atoms with Crippen LogP contribution in [-0.4, -0.2) is 38.3 Å². The summed E-state index contributed by atoms with van der Waals surface area (Å²) in [6.45, 7) is 4.43. The van der Waals surface area contributed by atoms with Crippen LogP contribution in [0.1, 0.15) is 31.2 Å². The van der Waals surface area contributed by atoms with Gasteiger partial charge in [0, 0.05) is 18.7 Å². The van der Waals surface area contributed by atoms with E-state index < -0.39 is 10.9 Å². The van der Waals surface area contributed by atoms with Crippen molar-refractivity contribution in [1.82, 2.24) is 4.90 Å². The summed E-state index contributed by atoms with van der Waals surface area (Å²) < 4.78 is 10.8. The predicted molar refractivity (Wildman–Crippen MR) is 100.0 cm³/mol. The average molecular weight is 364 g/mol. The number of ether oxygens (including phenoxy) is 2. The Morgan fingerprint density at radius 3 is 2.76 bits per heavy atom. The van der Waals surface area contributed by atoms with E-state index >= 15 is 0 Å². The zero-order valence-corrected chi connectivity index (χ0v) is 15.3. The summed E-state index contributed by atoms with van der Waals surface area (Å²) in [7, 11) is 1.39. The molecule has 1 N–H and O–H groups in total. The molecule has 3 rings (SSSR count). The Morgan fingerprint density at radius 2 is 2.00 bits per heavy atom. The maximum absolute atomic E-state index is 11.4. The van der Waals surface area contributed by atoms with Gasteiger partial charge in [-0.05, 0) is 43.8 Å². The second-order valence-electron chi connectivity index (χ2n) is 6.27. The summed E-state index contributed by atoms with van der Waals surface area (Å²) in [4.78, 5) is 25.2. The third-order valence-electron chi connectivity index (χ3n) is 4.48. The molecule has 1 aliphatic heterocycles. The Kier molecular flexibility index (Phi) is 6.09. The Labute approximate surface area is 151 Å². The van der Waals surface area contributed by atoms with Crippen LogP contribution >= 0.6 is 11.3 Å². The van der Waals surface area contributed by atoms with Gasteiger partial charge in [0.15, 0.2) is 10.8 Å². The molecule has 2 aromatic rings. The van der Waals surface area contributed by atoms with Crippen molar-refractivity contribution >= 4 is 17.0 Å². The molecule has 6 nitrogen and oxygen atoms in total. The zero-order valence-electron chi connectivity index (χ0n) is 14.5. The Hall–Kier alpha value is -1.86. The second kappa shape index (κ2) is 8.49. The van der Waals surface area contributed by atoms with Crippen molar-refractivity contribution in [3.05, 3.63) is 37.5 Å². The largest absolute Gasteiger partial charge is 0.491 e. The van der Waals surface area contributed by atoms with Gasteiger partial charge in [0.1, 0.15) is 5.69 Å². The lowest BCUT2D eigenvalue weighted by molar-refractivity contribution is 0.217. The maximum atomic E-state index is 11.4. The van der Waals surface area contributed by atoms with E-state index in [4.69, 9.17) is 9.47 Å². The van der Waals surface area contributed by atoms with Gasteiger partial charge < -0.3 is 14.8 Å². The smallest absolute Gasteiger partial charge is 0.271 e. The number of piperidine rings is 1. The standard InChI is InChI=1S/C18H24N2O4S/c1-23-17-14(15(21)16(17)22)19-7-5-10-24-18-13(6-11-25-18)12-20-8-3-2-4-9-20/h6,11,19H,2-5,7-10,12H2,1H3. The first-order valence-corrected chi connectivity index (χ1v) is 9.61. The summed E-state index contributed by atoms with van der Waals surface area (Å²) >= 11 is 1.63. The van der Waals surface area contributed by atoms with Gasteiger partial charge in [-0.15, -0.1) is 11.3 Å². The van der Waals surface area contributed by atoms with Crippen molar-refractivity contribution in [3.63, 3.8) is 0 Å². The molecule has 1 aromatic carbocycles. The van der Waals surface area contributed by atoms with Crippen LogP contribution in [0.25, 0.3) is 0 Å². The van der Waals surface area contributed by atoms with E-state index in [1.807, 2.05) is 0 Å². The highest BCUT2D eigenvalue weighted by atomic mass is 32.1. The van der Waals surface area contributed by atoms with E-state index in [1.54, 1.807) is 11.3 Å². The van der Waals surface area contributed by atoms with Gasteiger partial charge >= 0.3 is 0 Å². The van der Waals surface area contributed by atoms with Crippen molar-refractivity contribution < 1.29 is 9.47 Å². The van der Waals surface area contributed by atoms with E-state index in [0.717, 1.165) is 18.0 Å². The fraction of sp³-hybridized carbons (Fsp3) is 0.556.